The van der Waals surface area contributed by atoms with Crippen LogP contribution >= 0.6 is 35.0 Å². The Morgan fingerprint density at radius 1 is 1.16 bits per heavy atom. The fraction of sp³-hybridized carbons (Fsp3) is 0.308. The van der Waals surface area contributed by atoms with Gasteiger partial charge in [0.2, 0.25) is 11.8 Å². The Bertz CT molecular complexity index is 1300. The number of rotatable bonds is 8. The number of allylic oxidation sites excluding steroid dienone is 1. The summed E-state index contributed by atoms with van der Waals surface area (Å²) in [6, 6.07) is 10.6. The molecule has 0 fully saturated rings. The molecular weight excluding hydrogens is 537 g/mol. The topological polar surface area (TPSA) is 118 Å². The fourth-order valence-electron chi connectivity index (χ4n) is 3.87. The first-order valence-corrected chi connectivity index (χ1v) is 13.0. The molecule has 3 rings (SSSR count). The first kappa shape index (κ1) is 28.4. The quantitative estimate of drug-likeness (QED) is 0.339. The molecule has 0 saturated heterocycles. The van der Waals surface area contributed by atoms with Crippen LogP contribution in [0.15, 0.2) is 40.9 Å². The summed E-state index contributed by atoms with van der Waals surface area (Å²) in [7, 11) is 1.15. The maximum atomic E-state index is 13.0. The molecule has 2 aromatic rings. The molecule has 0 radical (unpaired) electrons. The van der Waals surface area contributed by atoms with E-state index in [0.29, 0.717) is 17.9 Å². The summed E-state index contributed by atoms with van der Waals surface area (Å²) in [5.41, 5.74) is 3.21. The maximum Gasteiger partial charge on any atom is 0.319 e. The minimum atomic E-state index is -1.36. The average Bonchev–Trinajstić information content (AvgIpc) is 2.86. The van der Waals surface area contributed by atoms with Gasteiger partial charge in [0.15, 0.2) is 5.75 Å². The molecule has 0 saturated carbocycles. The predicted octanol–water partition coefficient (Wildman–Crippen LogP) is 5.12. The third kappa shape index (κ3) is 6.39. The molecule has 1 aliphatic heterocycles. The lowest BCUT2D eigenvalue weighted by atomic mass is 9.78. The number of halogens is 2. The van der Waals surface area contributed by atoms with E-state index in [9.17, 15) is 19.6 Å². The molecule has 2 amide bonds. The summed E-state index contributed by atoms with van der Waals surface area (Å²) in [5, 5.41) is 16.0. The number of ether oxygens (including phenoxy) is 2. The number of hydrogen-bond acceptors (Lipinski definition) is 7. The number of thioether (sulfide) groups is 1. The highest BCUT2D eigenvalue weighted by molar-refractivity contribution is 8.03. The molecule has 1 heterocycles. The van der Waals surface area contributed by atoms with Crippen LogP contribution in [0.1, 0.15) is 29.5 Å². The van der Waals surface area contributed by atoms with E-state index in [1.165, 1.54) is 12.1 Å². The van der Waals surface area contributed by atoms with E-state index in [1.54, 1.807) is 13.0 Å². The average molecular weight is 562 g/mol. The molecule has 194 valence electrons. The SMILES string of the molecule is CCOc1c(Cl)cc([C@@H]2C(C#N)=C(SCC(=O)Nc3ccc(C)c(C)c3)NC(=O)[C@@H]2C(=O)OC)cc1Cl. The molecule has 2 atom stereocenters. The Hall–Kier alpha value is -3.19. The Morgan fingerprint density at radius 3 is 2.41 bits per heavy atom. The second-order valence-electron chi connectivity index (χ2n) is 8.20. The number of anilines is 1. The van der Waals surface area contributed by atoms with Crippen LogP contribution in [0.5, 0.6) is 5.75 Å². The number of methoxy groups -OCH3 is 1. The molecule has 0 aliphatic carbocycles. The second kappa shape index (κ2) is 12.4. The van der Waals surface area contributed by atoms with Gasteiger partial charge in [-0.2, -0.15) is 5.26 Å². The van der Waals surface area contributed by atoms with E-state index >= 15 is 0 Å². The maximum absolute atomic E-state index is 13.0. The first-order chi connectivity index (χ1) is 17.6. The van der Waals surface area contributed by atoms with E-state index < -0.39 is 23.7 Å². The normalized spacial score (nSPS) is 17.1. The van der Waals surface area contributed by atoms with Crippen molar-refractivity contribution in [1.82, 2.24) is 5.32 Å². The smallest absolute Gasteiger partial charge is 0.319 e. The van der Waals surface area contributed by atoms with Gasteiger partial charge in [-0.15, -0.1) is 0 Å². The van der Waals surface area contributed by atoms with Gasteiger partial charge in [-0.1, -0.05) is 41.0 Å². The van der Waals surface area contributed by atoms with Gasteiger partial charge in [-0.05, 0) is 61.7 Å². The number of carbonyl (C=O) groups excluding carboxylic acids is 3. The Balaban J connectivity index is 1.96. The van der Waals surface area contributed by atoms with Crippen molar-refractivity contribution in [2.75, 3.05) is 24.8 Å². The Morgan fingerprint density at radius 2 is 1.84 bits per heavy atom. The molecule has 0 unspecified atom stereocenters. The third-order valence-corrected chi connectivity index (χ3v) is 7.37. The van der Waals surface area contributed by atoms with Crippen LogP contribution in [-0.2, 0) is 19.1 Å². The predicted molar refractivity (Wildman–Crippen MR) is 144 cm³/mol. The number of benzene rings is 2. The van der Waals surface area contributed by atoms with Crippen molar-refractivity contribution in [3.8, 4) is 11.8 Å². The Kier molecular flexibility index (Phi) is 9.49. The van der Waals surface area contributed by atoms with E-state index in [2.05, 4.69) is 16.7 Å². The summed E-state index contributed by atoms with van der Waals surface area (Å²) >= 11 is 13.7. The van der Waals surface area contributed by atoms with Gasteiger partial charge in [-0.3, -0.25) is 14.4 Å². The number of nitrogens with one attached hydrogen (secondary N) is 2. The number of aryl methyl sites for hydroxylation is 2. The molecule has 1 aliphatic rings. The van der Waals surface area contributed by atoms with Crippen LogP contribution in [0, 0.1) is 31.1 Å². The van der Waals surface area contributed by atoms with Gasteiger partial charge in [0.05, 0.1) is 46.2 Å². The lowest BCUT2D eigenvalue weighted by molar-refractivity contribution is -0.150. The largest absolute Gasteiger partial charge is 0.491 e. The van der Waals surface area contributed by atoms with Crippen molar-refractivity contribution < 1.29 is 23.9 Å². The summed E-state index contributed by atoms with van der Waals surface area (Å²) in [5.74, 6) is -4.06. The Labute approximate surface area is 229 Å². The summed E-state index contributed by atoms with van der Waals surface area (Å²) in [6.45, 7) is 6.01. The highest BCUT2D eigenvalue weighted by Crippen LogP contribution is 2.44. The van der Waals surface area contributed by atoms with E-state index in [0.717, 1.165) is 30.0 Å². The zero-order chi connectivity index (χ0) is 27.3. The lowest BCUT2D eigenvalue weighted by Crippen LogP contribution is -2.44. The fourth-order valence-corrected chi connectivity index (χ4v) is 5.34. The van der Waals surface area contributed by atoms with Crippen LogP contribution in [0.25, 0.3) is 0 Å². The molecule has 0 bridgehead atoms. The first-order valence-electron chi connectivity index (χ1n) is 11.3. The number of amides is 2. The highest BCUT2D eigenvalue weighted by atomic mass is 35.5. The van der Waals surface area contributed by atoms with Crippen molar-refractivity contribution in [1.29, 1.82) is 5.26 Å². The van der Waals surface area contributed by atoms with E-state index in [4.69, 9.17) is 32.7 Å². The lowest BCUT2D eigenvalue weighted by Gasteiger charge is -2.31. The molecule has 0 aromatic heterocycles. The van der Waals surface area contributed by atoms with Crippen molar-refractivity contribution in [3.05, 3.63) is 67.7 Å². The standard InChI is InChI=1S/C26H25Cl2N3O5S/c1-5-36-23-18(27)9-15(10-19(23)28)21-17(11-29)25(31-24(33)22(21)26(34)35-4)37-12-20(32)30-16-7-6-13(2)14(3)8-16/h6-10,21-22H,5,12H2,1-4H3,(H,30,32)(H,31,33)/t21-,22-/m1/s1. The zero-order valence-electron chi connectivity index (χ0n) is 20.6. The van der Waals surface area contributed by atoms with Crippen molar-refractivity contribution >= 4 is 58.4 Å². The number of carbonyl (C=O) groups is 3. The monoisotopic (exact) mass is 561 g/mol. The minimum Gasteiger partial charge on any atom is -0.491 e. The number of nitrogens with zero attached hydrogens (tertiary/aromatic N) is 1. The van der Waals surface area contributed by atoms with Crippen molar-refractivity contribution in [2.24, 2.45) is 5.92 Å². The van der Waals surface area contributed by atoms with Crippen LogP contribution in [0.4, 0.5) is 5.69 Å². The molecule has 0 spiro atoms. The second-order valence-corrected chi connectivity index (χ2v) is 10.0. The van der Waals surface area contributed by atoms with Crippen molar-refractivity contribution in [3.63, 3.8) is 0 Å². The number of nitriles is 1. The van der Waals surface area contributed by atoms with Crippen LogP contribution in [-0.4, -0.2) is 37.3 Å². The highest BCUT2D eigenvalue weighted by Gasteiger charge is 2.44. The van der Waals surface area contributed by atoms with Crippen molar-refractivity contribution in [2.45, 2.75) is 26.7 Å². The molecule has 2 aromatic carbocycles. The van der Waals surface area contributed by atoms with Gasteiger partial charge in [0, 0.05) is 11.6 Å². The van der Waals surface area contributed by atoms with Gasteiger partial charge >= 0.3 is 5.97 Å². The summed E-state index contributed by atoms with van der Waals surface area (Å²) in [6.07, 6.45) is 0. The summed E-state index contributed by atoms with van der Waals surface area (Å²) in [4.78, 5) is 38.3. The molecule has 37 heavy (non-hydrogen) atoms. The minimum absolute atomic E-state index is 0.0790. The van der Waals surface area contributed by atoms with Crippen LogP contribution in [0.2, 0.25) is 10.0 Å². The van der Waals surface area contributed by atoms with Gasteiger partial charge in [0.25, 0.3) is 0 Å². The third-order valence-electron chi connectivity index (χ3n) is 5.79. The number of hydrogen-bond donors (Lipinski definition) is 2. The summed E-state index contributed by atoms with van der Waals surface area (Å²) < 4.78 is 10.3. The molecule has 2 N–H and O–H groups in total. The molecule has 11 heteroatoms. The van der Waals surface area contributed by atoms with E-state index in [-0.39, 0.29) is 38.1 Å². The van der Waals surface area contributed by atoms with Gasteiger partial charge in [0.1, 0.15) is 5.92 Å². The molecular formula is C26H25Cl2N3O5S. The number of esters is 1. The van der Waals surface area contributed by atoms with E-state index in [1.807, 2.05) is 26.0 Å². The van der Waals surface area contributed by atoms with Gasteiger partial charge < -0.3 is 20.1 Å². The van der Waals surface area contributed by atoms with Gasteiger partial charge in [-0.25, -0.2) is 0 Å². The zero-order valence-corrected chi connectivity index (χ0v) is 22.9. The molecule has 8 nitrogen and oxygen atoms in total. The van der Waals surface area contributed by atoms with Crippen LogP contribution < -0.4 is 15.4 Å². The van der Waals surface area contributed by atoms with Crippen LogP contribution in [0.3, 0.4) is 0 Å².